The number of hydrogen-bond acceptors (Lipinski definition) is 3. The maximum atomic E-state index is 6.01. The Kier molecular flexibility index (Phi) is 2.46. The summed E-state index contributed by atoms with van der Waals surface area (Å²) < 4.78 is 1.23. The summed E-state index contributed by atoms with van der Waals surface area (Å²) >= 11 is 11.9. The van der Waals surface area contributed by atoms with Gasteiger partial charge in [-0.05, 0) is 18.2 Å². The van der Waals surface area contributed by atoms with E-state index in [0.29, 0.717) is 27.1 Å². The fourth-order valence-corrected chi connectivity index (χ4v) is 1.64. The fraction of sp³-hybridized carbons (Fsp3) is 0. The smallest absolute Gasteiger partial charge is 0.150 e. The van der Waals surface area contributed by atoms with Gasteiger partial charge >= 0.3 is 0 Å². The Labute approximate surface area is 96.4 Å². The summed E-state index contributed by atoms with van der Waals surface area (Å²) in [6.45, 7) is 0. The first-order chi connectivity index (χ1) is 7.09. The predicted molar refractivity (Wildman–Crippen MR) is 62.2 cm³/mol. The average Bonchev–Trinajstić information content (AvgIpc) is 2.52. The molecular formula is C9H8Cl2N4. The van der Waals surface area contributed by atoms with E-state index in [-0.39, 0.29) is 0 Å². The molecule has 0 saturated heterocycles. The van der Waals surface area contributed by atoms with E-state index in [1.807, 2.05) is 0 Å². The van der Waals surface area contributed by atoms with Gasteiger partial charge in [-0.1, -0.05) is 23.2 Å². The van der Waals surface area contributed by atoms with Crippen LogP contribution in [0.5, 0.6) is 0 Å². The molecule has 0 atom stereocenters. The Morgan fingerprint density at radius 3 is 2.60 bits per heavy atom. The van der Waals surface area contributed by atoms with Crippen LogP contribution < -0.4 is 11.6 Å². The van der Waals surface area contributed by atoms with Crippen molar-refractivity contribution in [3.63, 3.8) is 0 Å². The first-order valence-corrected chi connectivity index (χ1v) is 4.88. The maximum absolute atomic E-state index is 6.01. The van der Waals surface area contributed by atoms with Gasteiger partial charge in [0.05, 0.1) is 5.02 Å². The van der Waals surface area contributed by atoms with E-state index in [1.165, 1.54) is 11.0 Å². The number of imidazole rings is 1. The molecule has 0 saturated carbocycles. The molecule has 2 rings (SSSR count). The van der Waals surface area contributed by atoms with Crippen LogP contribution in [0.15, 0.2) is 24.5 Å². The van der Waals surface area contributed by atoms with Gasteiger partial charge in [0.25, 0.3) is 0 Å². The topological polar surface area (TPSA) is 69.9 Å². The summed E-state index contributed by atoms with van der Waals surface area (Å²) in [5, 5.41) is 1.10. The zero-order valence-corrected chi connectivity index (χ0v) is 9.13. The number of hydrogen-bond donors (Lipinski definition) is 2. The number of benzene rings is 1. The van der Waals surface area contributed by atoms with Crippen molar-refractivity contribution in [2.45, 2.75) is 0 Å². The van der Waals surface area contributed by atoms with Gasteiger partial charge in [0, 0.05) is 10.6 Å². The van der Waals surface area contributed by atoms with E-state index < -0.39 is 0 Å². The molecule has 0 bridgehead atoms. The lowest BCUT2D eigenvalue weighted by Gasteiger charge is -2.03. The van der Waals surface area contributed by atoms with Crippen molar-refractivity contribution >= 4 is 29.0 Å². The van der Waals surface area contributed by atoms with Gasteiger partial charge < -0.3 is 11.6 Å². The Morgan fingerprint density at radius 2 is 2.00 bits per heavy atom. The first kappa shape index (κ1) is 10.1. The van der Waals surface area contributed by atoms with Gasteiger partial charge in [-0.25, -0.2) is 9.66 Å². The van der Waals surface area contributed by atoms with Crippen molar-refractivity contribution in [3.8, 4) is 11.3 Å². The van der Waals surface area contributed by atoms with Crippen molar-refractivity contribution in [2.24, 2.45) is 0 Å². The standard InChI is InChI=1S/C9H8Cl2N4/c10-5-1-2-7(11)6(3-5)8-9(12)15(13)4-14-8/h1-4H,12-13H2. The van der Waals surface area contributed by atoms with E-state index >= 15 is 0 Å². The number of aromatic nitrogens is 2. The summed E-state index contributed by atoms with van der Waals surface area (Å²) in [6, 6.07) is 5.08. The van der Waals surface area contributed by atoms with Crippen LogP contribution in [-0.2, 0) is 0 Å². The van der Waals surface area contributed by atoms with Crippen LogP contribution in [0, 0.1) is 0 Å². The van der Waals surface area contributed by atoms with Crippen molar-refractivity contribution in [3.05, 3.63) is 34.6 Å². The van der Waals surface area contributed by atoms with Gasteiger partial charge in [-0.15, -0.1) is 0 Å². The second-order valence-corrected chi connectivity index (χ2v) is 3.85. The Balaban J connectivity index is 2.63. The van der Waals surface area contributed by atoms with Crippen molar-refractivity contribution in [1.29, 1.82) is 0 Å². The largest absolute Gasteiger partial charge is 0.382 e. The molecule has 0 amide bonds. The van der Waals surface area contributed by atoms with Crippen LogP contribution in [-0.4, -0.2) is 9.66 Å². The minimum Gasteiger partial charge on any atom is -0.382 e. The molecule has 1 aromatic heterocycles. The molecule has 0 unspecified atom stereocenters. The van der Waals surface area contributed by atoms with Crippen molar-refractivity contribution < 1.29 is 0 Å². The lowest BCUT2D eigenvalue weighted by atomic mass is 10.1. The normalized spacial score (nSPS) is 10.5. The number of anilines is 1. The molecule has 6 heteroatoms. The molecule has 4 nitrogen and oxygen atoms in total. The van der Waals surface area contributed by atoms with Crippen LogP contribution in [0.4, 0.5) is 5.82 Å². The summed E-state index contributed by atoms with van der Waals surface area (Å²) in [4.78, 5) is 4.06. The van der Waals surface area contributed by atoms with Crippen LogP contribution in [0.2, 0.25) is 10.0 Å². The number of nitrogens with two attached hydrogens (primary N) is 2. The molecule has 2 aromatic rings. The molecule has 15 heavy (non-hydrogen) atoms. The third kappa shape index (κ3) is 1.73. The van der Waals surface area contributed by atoms with E-state index in [9.17, 15) is 0 Å². The minimum absolute atomic E-state index is 0.346. The molecule has 0 aliphatic rings. The first-order valence-electron chi connectivity index (χ1n) is 4.13. The molecule has 0 aliphatic carbocycles. The molecule has 0 radical (unpaired) electrons. The van der Waals surface area contributed by atoms with Crippen LogP contribution in [0.1, 0.15) is 0 Å². The number of halogens is 2. The molecule has 4 N–H and O–H groups in total. The molecule has 1 aromatic carbocycles. The van der Waals surface area contributed by atoms with Gasteiger partial charge in [0.2, 0.25) is 0 Å². The summed E-state index contributed by atoms with van der Waals surface area (Å²) in [7, 11) is 0. The van der Waals surface area contributed by atoms with E-state index in [0.717, 1.165) is 0 Å². The third-order valence-corrected chi connectivity index (χ3v) is 2.58. The van der Waals surface area contributed by atoms with E-state index in [1.54, 1.807) is 18.2 Å². The molecule has 78 valence electrons. The molecule has 0 aliphatic heterocycles. The number of nitrogen functional groups attached to an aromatic ring is 2. The highest BCUT2D eigenvalue weighted by Crippen LogP contribution is 2.32. The van der Waals surface area contributed by atoms with Crippen molar-refractivity contribution in [1.82, 2.24) is 9.66 Å². The van der Waals surface area contributed by atoms with Crippen molar-refractivity contribution in [2.75, 3.05) is 11.6 Å². The minimum atomic E-state index is 0.346. The van der Waals surface area contributed by atoms with Crippen LogP contribution in [0.25, 0.3) is 11.3 Å². The predicted octanol–water partition coefficient (Wildman–Crippen LogP) is 2.15. The Hall–Kier alpha value is -1.39. The van der Waals surface area contributed by atoms with E-state index in [4.69, 9.17) is 34.8 Å². The third-order valence-electron chi connectivity index (χ3n) is 2.02. The summed E-state index contributed by atoms with van der Waals surface area (Å²) in [6.07, 6.45) is 1.42. The van der Waals surface area contributed by atoms with Gasteiger partial charge in [-0.2, -0.15) is 0 Å². The average molecular weight is 243 g/mol. The van der Waals surface area contributed by atoms with E-state index in [2.05, 4.69) is 4.98 Å². The lowest BCUT2D eigenvalue weighted by Crippen LogP contribution is -2.10. The monoisotopic (exact) mass is 242 g/mol. The molecule has 0 fully saturated rings. The van der Waals surface area contributed by atoms with Crippen LogP contribution >= 0.6 is 23.2 Å². The zero-order valence-electron chi connectivity index (χ0n) is 7.61. The highest BCUT2D eigenvalue weighted by Gasteiger charge is 2.12. The molecule has 0 spiro atoms. The lowest BCUT2D eigenvalue weighted by molar-refractivity contribution is 1.01. The molecular weight excluding hydrogens is 235 g/mol. The van der Waals surface area contributed by atoms with Gasteiger partial charge in [-0.3, -0.25) is 0 Å². The second-order valence-electron chi connectivity index (χ2n) is 3.01. The zero-order chi connectivity index (χ0) is 11.0. The SMILES string of the molecule is Nc1c(-c2cc(Cl)ccc2Cl)ncn1N. The number of nitrogens with zero attached hydrogens (tertiary/aromatic N) is 2. The maximum Gasteiger partial charge on any atom is 0.150 e. The van der Waals surface area contributed by atoms with Gasteiger partial charge in [0.1, 0.15) is 12.0 Å². The highest BCUT2D eigenvalue weighted by molar-refractivity contribution is 6.35. The highest BCUT2D eigenvalue weighted by atomic mass is 35.5. The Morgan fingerprint density at radius 1 is 1.27 bits per heavy atom. The quantitative estimate of drug-likeness (QED) is 0.754. The Bertz CT molecular complexity index is 507. The second kappa shape index (κ2) is 3.64. The summed E-state index contributed by atoms with van der Waals surface area (Å²) in [5.41, 5.74) is 6.93. The number of rotatable bonds is 1. The molecule has 1 heterocycles. The fourth-order valence-electron chi connectivity index (χ4n) is 1.26. The van der Waals surface area contributed by atoms with Gasteiger partial charge in [0.15, 0.2) is 5.82 Å². The summed E-state index contributed by atoms with van der Waals surface area (Å²) in [5.74, 6) is 5.87. The van der Waals surface area contributed by atoms with Crippen LogP contribution in [0.3, 0.4) is 0 Å².